The molecule has 54 valence electrons. The first kappa shape index (κ1) is 8.67. The van der Waals surface area contributed by atoms with Gasteiger partial charge in [0.15, 0.2) is 0 Å². The van der Waals surface area contributed by atoms with Gasteiger partial charge in [-0.2, -0.15) is 0 Å². The molecule has 1 atom stereocenters. The Morgan fingerprint density at radius 3 is 2.56 bits per heavy atom. The molecule has 0 N–H and O–H groups in total. The summed E-state index contributed by atoms with van der Waals surface area (Å²) in [4.78, 5) is 9.91. The maximum Gasteiger partial charge on any atom is 0.120 e. The molecule has 0 saturated heterocycles. The molecule has 0 fully saturated rings. The quantitative estimate of drug-likeness (QED) is 0.519. The molecule has 0 radical (unpaired) electrons. The second kappa shape index (κ2) is 5.80. The fourth-order valence-electron chi connectivity index (χ4n) is 0.990. The fraction of sp³-hybridized carbons (Fsp3) is 0.875. The van der Waals surface area contributed by atoms with Crippen LogP contribution in [0.1, 0.15) is 39.5 Å². The van der Waals surface area contributed by atoms with Gasteiger partial charge in [-0.05, 0) is 12.3 Å². The molecule has 0 unspecified atom stereocenters. The van der Waals surface area contributed by atoms with Gasteiger partial charge in [0.1, 0.15) is 6.29 Å². The molecule has 1 heteroatoms. The summed E-state index contributed by atoms with van der Waals surface area (Å²) in [5.41, 5.74) is 0. The average Bonchev–Trinajstić information content (AvgIpc) is 1.85. The molecule has 0 rings (SSSR count). The SMILES string of the molecule is CCC[C@@H](C)CCC=O. The summed E-state index contributed by atoms with van der Waals surface area (Å²) in [6, 6.07) is 0. The van der Waals surface area contributed by atoms with Crippen LogP contribution >= 0.6 is 0 Å². The minimum Gasteiger partial charge on any atom is -0.303 e. The van der Waals surface area contributed by atoms with Gasteiger partial charge >= 0.3 is 0 Å². The van der Waals surface area contributed by atoms with Gasteiger partial charge in [0.25, 0.3) is 0 Å². The van der Waals surface area contributed by atoms with Crippen molar-refractivity contribution in [2.24, 2.45) is 5.92 Å². The highest BCUT2D eigenvalue weighted by Gasteiger charge is 1.97. The van der Waals surface area contributed by atoms with E-state index in [4.69, 9.17) is 0 Å². The van der Waals surface area contributed by atoms with Crippen molar-refractivity contribution in [3.05, 3.63) is 0 Å². The lowest BCUT2D eigenvalue weighted by Gasteiger charge is -2.05. The Kier molecular flexibility index (Phi) is 5.59. The second-order valence-corrected chi connectivity index (χ2v) is 2.64. The largest absolute Gasteiger partial charge is 0.303 e. The zero-order valence-corrected chi connectivity index (χ0v) is 6.39. The van der Waals surface area contributed by atoms with Crippen molar-refractivity contribution in [1.29, 1.82) is 0 Å². The lowest BCUT2D eigenvalue weighted by Crippen LogP contribution is -1.93. The maximum atomic E-state index is 9.91. The van der Waals surface area contributed by atoms with Crippen LogP contribution in [0.15, 0.2) is 0 Å². The Hall–Kier alpha value is -0.330. The fourth-order valence-corrected chi connectivity index (χ4v) is 0.990. The van der Waals surface area contributed by atoms with Gasteiger partial charge in [-0.15, -0.1) is 0 Å². The minimum absolute atomic E-state index is 0.736. The van der Waals surface area contributed by atoms with Crippen LogP contribution in [-0.4, -0.2) is 6.29 Å². The molecule has 0 amide bonds. The first-order chi connectivity index (χ1) is 4.31. The molecule has 0 aromatic carbocycles. The topological polar surface area (TPSA) is 17.1 Å². The molecule has 0 aliphatic heterocycles. The summed E-state index contributed by atoms with van der Waals surface area (Å²) in [6.07, 6.45) is 5.30. The van der Waals surface area contributed by atoms with E-state index in [-0.39, 0.29) is 0 Å². The molecule has 0 saturated carbocycles. The van der Waals surface area contributed by atoms with Crippen LogP contribution in [0.4, 0.5) is 0 Å². The number of carbonyl (C=O) groups is 1. The Labute approximate surface area is 57.5 Å². The molecule has 0 spiro atoms. The number of rotatable bonds is 5. The third kappa shape index (κ3) is 5.54. The summed E-state index contributed by atoms with van der Waals surface area (Å²) in [5, 5.41) is 0. The van der Waals surface area contributed by atoms with Crippen molar-refractivity contribution in [2.45, 2.75) is 39.5 Å². The Morgan fingerprint density at radius 1 is 1.44 bits per heavy atom. The Morgan fingerprint density at radius 2 is 2.11 bits per heavy atom. The predicted molar refractivity (Wildman–Crippen MR) is 39.4 cm³/mol. The molecule has 0 heterocycles. The molecule has 1 nitrogen and oxygen atoms in total. The van der Waals surface area contributed by atoms with Gasteiger partial charge < -0.3 is 4.79 Å². The van der Waals surface area contributed by atoms with E-state index < -0.39 is 0 Å². The van der Waals surface area contributed by atoms with Crippen LogP contribution in [0.5, 0.6) is 0 Å². The molecule has 0 aliphatic rings. The normalized spacial score (nSPS) is 13.1. The van der Waals surface area contributed by atoms with Gasteiger partial charge in [-0.3, -0.25) is 0 Å². The van der Waals surface area contributed by atoms with Crippen LogP contribution in [-0.2, 0) is 4.79 Å². The first-order valence-corrected chi connectivity index (χ1v) is 3.74. The highest BCUT2D eigenvalue weighted by Crippen LogP contribution is 2.10. The lowest BCUT2D eigenvalue weighted by atomic mass is 10.0. The van der Waals surface area contributed by atoms with E-state index in [0.717, 1.165) is 25.0 Å². The smallest absolute Gasteiger partial charge is 0.120 e. The second-order valence-electron chi connectivity index (χ2n) is 2.64. The minimum atomic E-state index is 0.736. The molecular formula is C8H16O. The lowest BCUT2D eigenvalue weighted by molar-refractivity contribution is -0.108. The van der Waals surface area contributed by atoms with E-state index in [2.05, 4.69) is 13.8 Å². The van der Waals surface area contributed by atoms with E-state index >= 15 is 0 Å². The van der Waals surface area contributed by atoms with Crippen molar-refractivity contribution in [3.8, 4) is 0 Å². The predicted octanol–water partition coefficient (Wildman–Crippen LogP) is 2.40. The van der Waals surface area contributed by atoms with Crippen molar-refractivity contribution in [1.82, 2.24) is 0 Å². The molecule has 0 bridgehead atoms. The summed E-state index contributed by atoms with van der Waals surface area (Å²) >= 11 is 0. The van der Waals surface area contributed by atoms with Crippen LogP contribution in [0.3, 0.4) is 0 Å². The third-order valence-electron chi connectivity index (χ3n) is 1.56. The molecule has 0 aliphatic carbocycles. The standard InChI is InChI=1S/C8H16O/c1-3-5-8(2)6-4-7-9/h7-8H,3-6H2,1-2H3/t8-/m1/s1. The van der Waals surface area contributed by atoms with Gasteiger partial charge in [0.05, 0.1) is 0 Å². The van der Waals surface area contributed by atoms with Gasteiger partial charge in [0, 0.05) is 6.42 Å². The molecule has 0 aromatic heterocycles. The van der Waals surface area contributed by atoms with E-state index in [1.165, 1.54) is 12.8 Å². The Bertz CT molecular complexity index is 69.0. The zero-order valence-electron chi connectivity index (χ0n) is 6.39. The summed E-state index contributed by atoms with van der Waals surface area (Å²) in [7, 11) is 0. The van der Waals surface area contributed by atoms with Crippen molar-refractivity contribution in [3.63, 3.8) is 0 Å². The van der Waals surface area contributed by atoms with E-state index in [1.54, 1.807) is 0 Å². The molecular weight excluding hydrogens is 112 g/mol. The highest BCUT2D eigenvalue weighted by molar-refractivity contribution is 5.49. The van der Waals surface area contributed by atoms with Gasteiger partial charge in [-0.25, -0.2) is 0 Å². The number of carbonyl (C=O) groups excluding carboxylic acids is 1. The van der Waals surface area contributed by atoms with Crippen LogP contribution < -0.4 is 0 Å². The van der Waals surface area contributed by atoms with Gasteiger partial charge in [0.2, 0.25) is 0 Å². The van der Waals surface area contributed by atoms with Crippen molar-refractivity contribution < 1.29 is 4.79 Å². The zero-order chi connectivity index (χ0) is 7.11. The monoisotopic (exact) mass is 128 g/mol. The third-order valence-corrected chi connectivity index (χ3v) is 1.56. The van der Waals surface area contributed by atoms with Crippen LogP contribution in [0, 0.1) is 5.92 Å². The van der Waals surface area contributed by atoms with Crippen molar-refractivity contribution in [2.75, 3.05) is 0 Å². The van der Waals surface area contributed by atoms with Gasteiger partial charge in [-0.1, -0.05) is 26.7 Å². The van der Waals surface area contributed by atoms with Crippen molar-refractivity contribution >= 4 is 6.29 Å². The van der Waals surface area contributed by atoms with E-state index in [1.807, 2.05) is 0 Å². The maximum absolute atomic E-state index is 9.91. The van der Waals surface area contributed by atoms with Crippen LogP contribution in [0.25, 0.3) is 0 Å². The number of hydrogen-bond donors (Lipinski definition) is 0. The highest BCUT2D eigenvalue weighted by atomic mass is 16.1. The molecule has 0 aromatic rings. The Balaban J connectivity index is 3.04. The number of hydrogen-bond acceptors (Lipinski definition) is 1. The summed E-state index contributed by atoms with van der Waals surface area (Å²) < 4.78 is 0. The van der Waals surface area contributed by atoms with E-state index in [0.29, 0.717) is 0 Å². The first-order valence-electron chi connectivity index (χ1n) is 3.74. The average molecular weight is 128 g/mol. The van der Waals surface area contributed by atoms with E-state index in [9.17, 15) is 4.79 Å². The molecule has 9 heavy (non-hydrogen) atoms. The number of aldehydes is 1. The van der Waals surface area contributed by atoms with Crippen LogP contribution in [0.2, 0.25) is 0 Å². The summed E-state index contributed by atoms with van der Waals surface area (Å²) in [5.74, 6) is 0.736. The summed E-state index contributed by atoms with van der Waals surface area (Å²) in [6.45, 7) is 4.38.